The van der Waals surface area contributed by atoms with E-state index < -0.39 is 17.8 Å². The van der Waals surface area contributed by atoms with Gasteiger partial charge in [0.1, 0.15) is 11.9 Å². The molecule has 0 aliphatic rings. The lowest BCUT2D eigenvalue weighted by atomic mass is 10.2. The number of anilines is 1. The van der Waals surface area contributed by atoms with Gasteiger partial charge in [-0.3, -0.25) is 0 Å². The minimum Gasteiger partial charge on any atom is -0.480 e. The van der Waals surface area contributed by atoms with Crippen molar-refractivity contribution in [2.24, 2.45) is 0 Å². The average molecular weight is 276 g/mol. The van der Waals surface area contributed by atoms with Crippen LogP contribution in [-0.2, 0) is 4.79 Å². The van der Waals surface area contributed by atoms with E-state index in [-0.39, 0.29) is 5.69 Å². The van der Waals surface area contributed by atoms with Gasteiger partial charge in [0.2, 0.25) is 0 Å². The highest BCUT2D eigenvalue weighted by Crippen LogP contribution is 2.21. The van der Waals surface area contributed by atoms with Crippen LogP contribution in [0.25, 0.3) is 0 Å². The number of aliphatic carboxylic acids is 1. The Kier molecular flexibility index (Phi) is 4.08. The summed E-state index contributed by atoms with van der Waals surface area (Å²) in [5.41, 5.74) is 0.193. The second-order valence-corrected chi connectivity index (χ2v) is 3.98. The summed E-state index contributed by atoms with van der Waals surface area (Å²) >= 11 is 3.19. The van der Waals surface area contributed by atoms with E-state index in [9.17, 15) is 9.18 Å². The van der Waals surface area contributed by atoms with Gasteiger partial charge in [-0.25, -0.2) is 9.18 Å². The third-order valence-corrected chi connectivity index (χ3v) is 2.46. The molecular formula is C10H11BrFNO2. The van der Waals surface area contributed by atoms with Crippen LogP contribution in [0.15, 0.2) is 22.7 Å². The Labute approximate surface area is 95.4 Å². The number of carboxylic acids is 1. The Balaban J connectivity index is 2.87. The first-order valence-corrected chi connectivity index (χ1v) is 5.28. The molecule has 5 heteroatoms. The highest BCUT2D eigenvalue weighted by atomic mass is 79.9. The molecule has 1 aromatic rings. The first kappa shape index (κ1) is 12.0. The average Bonchev–Trinajstić information content (AvgIpc) is 2.18. The number of carboxylic acid groups (broad SMARTS) is 1. The fourth-order valence-electron chi connectivity index (χ4n) is 1.13. The van der Waals surface area contributed by atoms with Gasteiger partial charge in [-0.1, -0.05) is 22.9 Å². The lowest BCUT2D eigenvalue weighted by Crippen LogP contribution is -2.28. The van der Waals surface area contributed by atoms with Crippen LogP contribution in [0.2, 0.25) is 0 Å². The van der Waals surface area contributed by atoms with Gasteiger partial charge in [0.25, 0.3) is 0 Å². The molecule has 2 N–H and O–H groups in total. The molecule has 0 radical (unpaired) electrons. The van der Waals surface area contributed by atoms with Crippen molar-refractivity contribution in [1.82, 2.24) is 0 Å². The lowest BCUT2D eigenvalue weighted by Gasteiger charge is -2.14. The molecule has 1 rings (SSSR count). The zero-order valence-corrected chi connectivity index (χ0v) is 9.71. The van der Waals surface area contributed by atoms with Crippen LogP contribution in [0.4, 0.5) is 10.1 Å². The predicted molar refractivity (Wildman–Crippen MR) is 59.4 cm³/mol. The fourth-order valence-corrected chi connectivity index (χ4v) is 1.50. The summed E-state index contributed by atoms with van der Waals surface area (Å²) in [6.45, 7) is 1.72. The fraction of sp³-hybridized carbons (Fsp3) is 0.300. The largest absolute Gasteiger partial charge is 0.480 e. The second kappa shape index (κ2) is 5.11. The summed E-state index contributed by atoms with van der Waals surface area (Å²) < 4.78 is 14.0. The quantitative estimate of drug-likeness (QED) is 0.889. The van der Waals surface area contributed by atoms with Crippen molar-refractivity contribution >= 4 is 27.6 Å². The van der Waals surface area contributed by atoms with Crippen LogP contribution in [0.3, 0.4) is 0 Å². The van der Waals surface area contributed by atoms with Crippen LogP contribution in [0.5, 0.6) is 0 Å². The molecule has 0 aliphatic carbocycles. The molecule has 0 heterocycles. The van der Waals surface area contributed by atoms with E-state index in [2.05, 4.69) is 21.2 Å². The summed E-state index contributed by atoms with van der Waals surface area (Å²) in [6.07, 6.45) is 0.390. The van der Waals surface area contributed by atoms with E-state index in [4.69, 9.17) is 5.11 Å². The van der Waals surface area contributed by atoms with Gasteiger partial charge in [-0.15, -0.1) is 0 Å². The molecule has 0 fully saturated rings. The van der Waals surface area contributed by atoms with Crippen molar-refractivity contribution in [3.05, 3.63) is 28.5 Å². The van der Waals surface area contributed by atoms with Crippen molar-refractivity contribution in [2.45, 2.75) is 19.4 Å². The molecule has 0 amide bonds. The number of halogens is 2. The topological polar surface area (TPSA) is 49.3 Å². The summed E-state index contributed by atoms with van der Waals surface area (Å²) in [7, 11) is 0. The zero-order valence-electron chi connectivity index (χ0n) is 8.13. The molecule has 0 saturated carbocycles. The van der Waals surface area contributed by atoms with Crippen LogP contribution >= 0.6 is 15.9 Å². The SMILES string of the molecule is CCC(Nc1cc(Br)ccc1F)C(=O)O. The van der Waals surface area contributed by atoms with Gasteiger partial charge in [0, 0.05) is 4.47 Å². The summed E-state index contributed by atoms with van der Waals surface area (Å²) in [5.74, 6) is -1.45. The van der Waals surface area contributed by atoms with Crippen molar-refractivity contribution in [3.8, 4) is 0 Å². The van der Waals surface area contributed by atoms with E-state index in [1.54, 1.807) is 13.0 Å². The summed E-state index contributed by atoms with van der Waals surface area (Å²) in [6, 6.07) is 3.58. The maximum atomic E-state index is 13.3. The Hall–Kier alpha value is -1.10. The number of rotatable bonds is 4. The van der Waals surface area contributed by atoms with Crippen molar-refractivity contribution in [2.75, 3.05) is 5.32 Å². The molecule has 0 aliphatic heterocycles. The lowest BCUT2D eigenvalue weighted by molar-refractivity contribution is -0.137. The first-order chi connectivity index (χ1) is 7.04. The molecule has 1 unspecified atom stereocenters. The van der Waals surface area contributed by atoms with Gasteiger partial charge in [-0.2, -0.15) is 0 Å². The molecule has 0 aromatic heterocycles. The monoisotopic (exact) mass is 275 g/mol. The number of benzene rings is 1. The van der Waals surface area contributed by atoms with Crippen LogP contribution in [0, 0.1) is 5.82 Å². The Morgan fingerprint density at radius 1 is 1.67 bits per heavy atom. The number of carbonyl (C=O) groups is 1. The van der Waals surface area contributed by atoms with Gasteiger partial charge in [0.05, 0.1) is 5.69 Å². The molecular weight excluding hydrogens is 265 g/mol. The molecule has 0 bridgehead atoms. The maximum Gasteiger partial charge on any atom is 0.326 e. The summed E-state index contributed by atoms with van der Waals surface area (Å²) in [4.78, 5) is 10.7. The Morgan fingerprint density at radius 3 is 2.87 bits per heavy atom. The predicted octanol–water partition coefficient (Wildman–Crippen LogP) is 2.86. The van der Waals surface area contributed by atoms with E-state index in [0.717, 1.165) is 0 Å². The van der Waals surface area contributed by atoms with Crippen molar-refractivity contribution < 1.29 is 14.3 Å². The molecule has 82 valence electrons. The van der Waals surface area contributed by atoms with E-state index in [0.29, 0.717) is 10.9 Å². The van der Waals surface area contributed by atoms with Crippen LogP contribution < -0.4 is 5.32 Å². The van der Waals surface area contributed by atoms with E-state index in [1.807, 2.05) is 0 Å². The molecule has 3 nitrogen and oxygen atoms in total. The first-order valence-electron chi connectivity index (χ1n) is 4.49. The third kappa shape index (κ3) is 3.20. The van der Waals surface area contributed by atoms with Crippen molar-refractivity contribution in [1.29, 1.82) is 0 Å². The molecule has 15 heavy (non-hydrogen) atoms. The molecule has 0 spiro atoms. The molecule has 1 aromatic carbocycles. The van der Waals surface area contributed by atoms with Crippen LogP contribution in [0.1, 0.15) is 13.3 Å². The van der Waals surface area contributed by atoms with Gasteiger partial charge in [-0.05, 0) is 24.6 Å². The van der Waals surface area contributed by atoms with Crippen LogP contribution in [-0.4, -0.2) is 17.1 Å². The minimum atomic E-state index is -0.989. The minimum absolute atomic E-state index is 0.193. The standard InChI is InChI=1S/C10H11BrFNO2/c1-2-8(10(14)15)13-9-5-6(11)3-4-7(9)12/h3-5,8,13H,2H2,1H3,(H,14,15). The maximum absolute atomic E-state index is 13.3. The second-order valence-electron chi connectivity index (χ2n) is 3.07. The van der Waals surface area contributed by atoms with E-state index >= 15 is 0 Å². The molecule has 1 atom stereocenters. The highest BCUT2D eigenvalue weighted by Gasteiger charge is 2.16. The summed E-state index contributed by atoms with van der Waals surface area (Å²) in [5, 5.41) is 11.4. The van der Waals surface area contributed by atoms with Gasteiger partial charge in [0.15, 0.2) is 0 Å². The number of nitrogens with one attached hydrogen (secondary N) is 1. The highest BCUT2D eigenvalue weighted by molar-refractivity contribution is 9.10. The Morgan fingerprint density at radius 2 is 2.33 bits per heavy atom. The number of hydrogen-bond acceptors (Lipinski definition) is 2. The molecule has 0 saturated heterocycles. The normalized spacial score (nSPS) is 12.2. The van der Waals surface area contributed by atoms with Crippen molar-refractivity contribution in [3.63, 3.8) is 0 Å². The Bertz CT molecular complexity index is 370. The smallest absolute Gasteiger partial charge is 0.326 e. The van der Waals surface area contributed by atoms with E-state index in [1.165, 1.54) is 12.1 Å². The zero-order chi connectivity index (χ0) is 11.4. The third-order valence-electron chi connectivity index (χ3n) is 1.96. The number of hydrogen-bond donors (Lipinski definition) is 2. The van der Waals surface area contributed by atoms with Gasteiger partial charge < -0.3 is 10.4 Å². The van der Waals surface area contributed by atoms with Gasteiger partial charge >= 0.3 is 5.97 Å².